The van der Waals surface area contributed by atoms with Gasteiger partial charge in [0.25, 0.3) is 0 Å². The Balaban J connectivity index is 0. The summed E-state index contributed by atoms with van der Waals surface area (Å²) in [7, 11) is 0. The minimum atomic E-state index is -0.563. The van der Waals surface area contributed by atoms with E-state index in [4.69, 9.17) is 5.11 Å². The Morgan fingerprint density at radius 1 is 1.83 bits per heavy atom. The van der Waals surface area contributed by atoms with Crippen molar-refractivity contribution in [2.75, 3.05) is 0 Å². The SMILES string of the molecule is O=C(O)[AsH][SbH2].[InH3]. The third-order valence-electron chi connectivity index (χ3n) is 0.123. The molecule has 0 aliphatic carbocycles. The monoisotopic (exact) mass is 362 g/mol. The van der Waals surface area contributed by atoms with Crippen LogP contribution in [0, 0.1) is 0 Å². The third kappa shape index (κ3) is 9.21. The van der Waals surface area contributed by atoms with E-state index in [1.165, 1.54) is 0 Å². The van der Waals surface area contributed by atoms with Crippen molar-refractivity contribution in [1.29, 1.82) is 0 Å². The zero-order chi connectivity index (χ0) is 4.28. The normalized spacial score (nSPS) is 8.17. The average molecular weight is 363 g/mol. The quantitative estimate of drug-likeness (QED) is 0.522. The van der Waals surface area contributed by atoms with Crippen LogP contribution in [0.2, 0.25) is 0 Å². The molecule has 0 saturated heterocycles. The first-order valence-corrected chi connectivity index (χ1v) is 11.8. The number of hydrogen-bond donors (Lipinski definition) is 1. The van der Waals surface area contributed by atoms with Crippen molar-refractivity contribution in [2.45, 2.75) is 0 Å². The molecule has 0 fully saturated rings. The van der Waals surface area contributed by atoms with Crippen molar-refractivity contribution in [3.63, 3.8) is 0 Å². The van der Waals surface area contributed by atoms with Crippen LogP contribution in [0.1, 0.15) is 0 Å². The Labute approximate surface area is 72.3 Å². The summed E-state index contributed by atoms with van der Waals surface area (Å²) < 4.78 is -0.563. The number of rotatable bonds is 1. The predicted molar refractivity (Wildman–Crippen MR) is 33.7 cm³/mol. The van der Waals surface area contributed by atoms with Gasteiger partial charge in [0.1, 0.15) is 0 Å². The van der Waals surface area contributed by atoms with E-state index in [9.17, 15) is 4.79 Å². The van der Waals surface area contributed by atoms with Gasteiger partial charge >= 0.3 is 73.3 Å². The van der Waals surface area contributed by atoms with Crippen LogP contribution in [0.15, 0.2) is 0 Å². The Hall–Kier alpha value is 1.72. The molecule has 1 atom stereocenters. The van der Waals surface area contributed by atoms with Crippen LogP contribution in [0.3, 0.4) is 0 Å². The molecule has 0 aliphatic rings. The van der Waals surface area contributed by atoms with Crippen molar-refractivity contribution in [2.24, 2.45) is 0 Å². The zero-order valence-electron chi connectivity index (χ0n) is 2.43. The van der Waals surface area contributed by atoms with Crippen LogP contribution in [0.5, 0.6) is 0 Å². The molecule has 2 nitrogen and oxygen atoms in total. The van der Waals surface area contributed by atoms with E-state index >= 15 is 0 Å². The molecule has 0 amide bonds. The second kappa shape index (κ2) is 6.72. The topological polar surface area (TPSA) is 37.3 Å². The van der Waals surface area contributed by atoms with Gasteiger partial charge in [-0.25, -0.2) is 0 Å². The van der Waals surface area contributed by atoms with Crippen molar-refractivity contribution < 1.29 is 9.90 Å². The van der Waals surface area contributed by atoms with Gasteiger partial charge in [0, 0.05) is 0 Å². The molecule has 0 aliphatic heterocycles. The molecule has 0 aromatic rings. The molecule has 6 heavy (non-hydrogen) atoms. The van der Waals surface area contributed by atoms with E-state index in [-0.39, 0.29) is 25.8 Å². The van der Waals surface area contributed by atoms with Gasteiger partial charge in [0.05, 0.1) is 0 Å². The first-order valence-electron chi connectivity index (χ1n) is 0.966. The van der Waals surface area contributed by atoms with Gasteiger partial charge < -0.3 is 0 Å². The van der Waals surface area contributed by atoms with E-state index in [0.717, 1.165) is 20.5 Å². The molecule has 5 heteroatoms. The third-order valence-corrected chi connectivity index (χ3v) is 4.30. The van der Waals surface area contributed by atoms with Crippen molar-refractivity contribution in [1.82, 2.24) is 0 Å². The molecule has 0 aromatic carbocycles. The number of hydrogen-bond acceptors (Lipinski definition) is 1. The molecular weight excluding hydrogens is 356 g/mol. The summed E-state index contributed by atoms with van der Waals surface area (Å²) in [5.74, 6) is 0. The second-order valence-corrected chi connectivity index (χ2v) is 6.23. The van der Waals surface area contributed by atoms with Gasteiger partial charge in [-0.15, -0.1) is 0 Å². The molecule has 0 saturated carbocycles. The van der Waals surface area contributed by atoms with Gasteiger partial charge in [-0.05, 0) is 0 Å². The first kappa shape index (κ1) is 10.7. The van der Waals surface area contributed by atoms with E-state index < -0.39 is 17.1 Å². The molecule has 1 unspecified atom stereocenters. The average Bonchev–Trinajstić information content (AvgIpc) is 1.38. The fourth-order valence-electron chi connectivity index (χ4n) is 0. The fourth-order valence-corrected chi connectivity index (χ4v) is 0. The molecule has 0 aromatic heterocycles. The van der Waals surface area contributed by atoms with Crippen LogP contribution in [0.4, 0.5) is 4.79 Å². The molecular formula is CH7AsInO2Sb. The van der Waals surface area contributed by atoms with E-state index in [1.807, 2.05) is 0 Å². The van der Waals surface area contributed by atoms with Gasteiger partial charge in [0.15, 0.2) is 0 Å². The molecule has 0 radical (unpaired) electrons. The predicted octanol–water partition coefficient (Wildman–Crippen LogP) is -2.53. The van der Waals surface area contributed by atoms with E-state index in [2.05, 4.69) is 0 Å². The van der Waals surface area contributed by atoms with E-state index in [0.29, 0.717) is 0 Å². The van der Waals surface area contributed by atoms with Crippen LogP contribution < -0.4 is 0 Å². The first-order chi connectivity index (χ1) is 2.27. The maximum absolute atomic E-state index is 9.46. The number of carboxylic acid groups (broad SMARTS) is 1. The zero-order valence-corrected chi connectivity index (χ0v) is 7.83. The summed E-state index contributed by atoms with van der Waals surface area (Å²) in [6.07, 6.45) is 0. The summed E-state index contributed by atoms with van der Waals surface area (Å²) in [6.45, 7) is 0. The molecule has 1 N–H and O–H groups in total. The van der Waals surface area contributed by atoms with E-state index in [1.54, 1.807) is 0 Å². The van der Waals surface area contributed by atoms with Gasteiger partial charge in [-0.2, -0.15) is 0 Å². The Kier molecular flexibility index (Phi) is 11.9. The van der Waals surface area contributed by atoms with Gasteiger partial charge in [0.2, 0.25) is 0 Å². The maximum atomic E-state index is 9.46. The van der Waals surface area contributed by atoms with Crippen LogP contribution in [-0.2, 0) is 0 Å². The number of carbonyl (C=O) groups is 1. The van der Waals surface area contributed by atoms with Crippen molar-refractivity contribution in [3.8, 4) is 0 Å². The molecule has 0 spiro atoms. The molecule has 0 bridgehead atoms. The minimum absolute atomic E-state index is 0. The molecule has 36 valence electrons. The Morgan fingerprint density at radius 2 is 2.00 bits per heavy atom. The van der Waals surface area contributed by atoms with Crippen molar-refractivity contribution in [3.05, 3.63) is 0 Å². The van der Waals surface area contributed by atoms with Crippen molar-refractivity contribution >= 4 is 63.4 Å². The van der Waals surface area contributed by atoms with Crippen LogP contribution in [0.25, 0.3) is 0 Å². The van der Waals surface area contributed by atoms with Crippen LogP contribution >= 0.6 is 0 Å². The summed E-state index contributed by atoms with van der Waals surface area (Å²) in [6, 6.07) is 0. The van der Waals surface area contributed by atoms with Gasteiger partial charge in [-0.1, -0.05) is 0 Å². The summed E-state index contributed by atoms with van der Waals surface area (Å²) in [4.78, 5) is 9.46. The molecule has 0 heterocycles. The Morgan fingerprint density at radius 3 is 2.00 bits per heavy atom. The fraction of sp³-hybridized carbons (Fsp3) is 0. The summed E-state index contributed by atoms with van der Waals surface area (Å²) >= 11 is 0.443. The van der Waals surface area contributed by atoms with Gasteiger partial charge in [-0.3, -0.25) is 0 Å². The van der Waals surface area contributed by atoms with Crippen LogP contribution in [-0.4, -0.2) is 68.5 Å². The second-order valence-electron chi connectivity index (χ2n) is 0.449. The standard InChI is InChI=1S/CH2AsO2.In.Sb.5H/c2-1(3)4;;;;;;;/h2H,(H,3,4);;;;;;;/q-1;;+1;;;;;. The molecule has 0 rings (SSSR count). The Bertz CT molecular complexity index is 48.8. The summed E-state index contributed by atoms with van der Waals surface area (Å²) in [5, 5.41) is 7.81. The summed E-state index contributed by atoms with van der Waals surface area (Å²) in [5.41, 5.74) is 0.